The second-order valence-corrected chi connectivity index (χ2v) is 6.18. The maximum absolute atomic E-state index is 13.1. The number of para-hydroxylation sites is 1. The lowest BCUT2D eigenvalue weighted by molar-refractivity contribution is -0.146. The molecule has 1 aromatic rings. The molecule has 2 aliphatic heterocycles. The Labute approximate surface area is 151 Å². The fraction of sp³-hybridized carbons (Fsp3) is 0.316. The van der Waals surface area contributed by atoms with Crippen LogP contribution < -0.4 is 10.6 Å². The molecule has 0 unspecified atom stereocenters. The molecule has 2 N–H and O–H groups in total. The van der Waals surface area contributed by atoms with Crippen molar-refractivity contribution in [1.29, 1.82) is 0 Å². The van der Waals surface area contributed by atoms with Crippen LogP contribution in [0.2, 0.25) is 0 Å². The SMILES string of the molecule is CCOC(=O)C1=C(N)N(C)c2ccccc2[C@@]12C(=O)OC(C)=C2C(C)=O. The van der Waals surface area contributed by atoms with Crippen molar-refractivity contribution in [2.75, 3.05) is 18.6 Å². The Kier molecular flexibility index (Phi) is 4.10. The van der Waals surface area contributed by atoms with E-state index in [1.54, 1.807) is 43.1 Å². The molecular formula is C19H20N2O5. The van der Waals surface area contributed by atoms with Crippen LogP contribution in [0.25, 0.3) is 0 Å². The van der Waals surface area contributed by atoms with Gasteiger partial charge in [0.1, 0.15) is 17.2 Å². The number of Topliss-reactive ketones (excluding diaryl/α,β-unsaturated/α-hetero) is 1. The first-order chi connectivity index (χ1) is 12.3. The number of fused-ring (bicyclic) bond motifs is 2. The third-order valence-corrected chi connectivity index (χ3v) is 4.77. The molecule has 3 rings (SSSR count). The van der Waals surface area contributed by atoms with Crippen molar-refractivity contribution in [3.63, 3.8) is 0 Å². The minimum atomic E-state index is -1.73. The van der Waals surface area contributed by atoms with Crippen LogP contribution in [0.15, 0.2) is 47.0 Å². The monoisotopic (exact) mass is 356 g/mol. The summed E-state index contributed by atoms with van der Waals surface area (Å²) in [5.74, 6) is -1.64. The fourth-order valence-electron chi connectivity index (χ4n) is 3.78. The van der Waals surface area contributed by atoms with Crippen molar-refractivity contribution < 1.29 is 23.9 Å². The van der Waals surface area contributed by atoms with Crippen LogP contribution in [0.5, 0.6) is 0 Å². The topological polar surface area (TPSA) is 98.9 Å². The largest absolute Gasteiger partial charge is 0.462 e. The number of allylic oxidation sites excluding steroid dienone is 1. The second-order valence-electron chi connectivity index (χ2n) is 6.18. The Morgan fingerprint density at radius 1 is 1.27 bits per heavy atom. The number of rotatable bonds is 3. The lowest BCUT2D eigenvalue weighted by atomic mass is 9.65. The minimum absolute atomic E-state index is 0.0487. The van der Waals surface area contributed by atoms with Crippen molar-refractivity contribution in [3.8, 4) is 0 Å². The van der Waals surface area contributed by atoms with Gasteiger partial charge in [-0.1, -0.05) is 18.2 Å². The normalized spacial score (nSPS) is 21.8. The molecule has 7 heteroatoms. The summed E-state index contributed by atoms with van der Waals surface area (Å²) < 4.78 is 10.5. The highest BCUT2D eigenvalue weighted by Gasteiger charge is 2.62. The molecule has 0 saturated carbocycles. The summed E-state index contributed by atoms with van der Waals surface area (Å²) in [6, 6.07) is 6.98. The molecule has 1 spiro atoms. The number of ether oxygens (including phenoxy) is 2. The van der Waals surface area contributed by atoms with Crippen LogP contribution in [0.4, 0.5) is 5.69 Å². The van der Waals surface area contributed by atoms with E-state index < -0.39 is 17.4 Å². The zero-order valence-corrected chi connectivity index (χ0v) is 15.1. The quantitative estimate of drug-likeness (QED) is 0.820. The van der Waals surface area contributed by atoms with Crippen LogP contribution in [-0.2, 0) is 29.3 Å². The molecule has 0 amide bonds. The van der Waals surface area contributed by atoms with Gasteiger partial charge in [-0.2, -0.15) is 0 Å². The van der Waals surface area contributed by atoms with Gasteiger partial charge in [-0.3, -0.25) is 4.79 Å². The molecule has 7 nitrogen and oxygen atoms in total. The summed E-state index contributed by atoms with van der Waals surface area (Å²) >= 11 is 0. The highest BCUT2D eigenvalue weighted by Crippen LogP contribution is 2.53. The third-order valence-electron chi connectivity index (χ3n) is 4.77. The first-order valence-corrected chi connectivity index (χ1v) is 8.23. The lowest BCUT2D eigenvalue weighted by Crippen LogP contribution is -2.49. The third kappa shape index (κ3) is 2.09. The molecule has 2 aliphatic rings. The van der Waals surface area contributed by atoms with Gasteiger partial charge in [0, 0.05) is 18.3 Å². The van der Waals surface area contributed by atoms with Gasteiger partial charge in [0.25, 0.3) is 0 Å². The molecule has 0 radical (unpaired) electrons. The molecule has 0 fully saturated rings. The van der Waals surface area contributed by atoms with Crippen LogP contribution in [-0.4, -0.2) is 31.4 Å². The summed E-state index contributed by atoms with van der Waals surface area (Å²) in [7, 11) is 1.69. The summed E-state index contributed by atoms with van der Waals surface area (Å²) in [6.07, 6.45) is 0. The number of carbonyl (C=O) groups is 3. The first-order valence-electron chi connectivity index (χ1n) is 8.23. The molecular weight excluding hydrogens is 336 g/mol. The molecule has 0 bridgehead atoms. The van der Waals surface area contributed by atoms with Gasteiger partial charge < -0.3 is 20.1 Å². The predicted octanol–water partition coefficient (Wildman–Crippen LogP) is 1.53. The van der Waals surface area contributed by atoms with Crippen LogP contribution in [0.1, 0.15) is 26.3 Å². The Morgan fingerprint density at radius 3 is 2.54 bits per heavy atom. The number of hydrogen-bond acceptors (Lipinski definition) is 7. The van der Waals surface area contributed by atoms with Crippen molar-refractivity contribution >= 4 is 23.4 Å². The van der Waals surface area contributed by atoms with E-state index in [0.29, 0.717) is 11.3 Å². The van der Waals surface area contributed by atoms with Gasteiger partial charge in [0.2, 0.25) is 0 Å². The Balaban J connectivity index is 2.47. The van der Waals surface area contributed by atoms with E-state index in [2.05, 4.69) is 0 Å². The number of carbonyl (C=O) groups excluding carboxylic acids is 3. The number of cyclic esters (lactones) is 1. The predicted molar refractivity (Wildman–Crippen MR) is 93.8 cm³/mol. The van der Waals surface area contributed by atoms with E-state index in [4.69, 9.17) is 15.2 Å². The van der Waals surface area contributed by atoms with Crippen molar-refractivity contribution in [1.82, 2.24) is 0 Å². The molecule has 1 aromatic carbocycles. The summed E-state index contributed by atoms with van der Waals surface area (Å²) in [4.78, 5) is 40.0. The zero-order chi connectivity index (χ0) is 19.2. The number of anilines is 1. The van der Waals surface area contributed by atoms with Crippen molar-refractivity contribution in [2.24, 2.45) is 5.73 Å². The van der Waals surface area contributed by atoms with E-state index in [-0.39, 0.29) is 35.1 Å². The summed E-state index contributed by atoms with van der Waals surface area (Å²) in [5, 5.41) is 0. The average molecular weight is 356 g/mol. The Hall–Kier alpha value is -3.09. The van der Waals surface area contributed by atoms with Gasteiger partial charge in [0.15, 0.2) is 11.2 Å². The molecule has 26 heavy (non-hydrogen) atoms. The maximum Gasteiger partial charge on any atom is 0.339 e. The second kappa shape index (κ2) is 6.01. The van der Waals surface area contributed by atoms with Gasteiger partial charge in [-0.25, -0.2) is 9.59 Å². The molecule has 2 heterocycles. The smallest absolute Gasteiger partial charge is 0.339 e. The standard InChI is InChI=1S/C19H20N2O5/c1-5-25-17(23)15-16(20)21(4)13-9-7-6-8-12(13)19(15)14(10(2)22)11(3)26-18(19)24/h6-9H,5,20H2,1-4H3/t19-/m0/s1. The molecule has 0 aromatic heterocycles. The Bertz CT molecular complexity index is 899. The molecule has 0 aliphatic carbocycles. The minimum Gasteiger partial charge on any atom is -0.462 e. The summed E-state index contributed by atoms with van der Waals surface area (Å²) in [6.45, 7) is 4.62. The van der Waals surface area contributed by atoms with Gasteiger partial charge in [0.05, 0.1) is 12.2 Å². The molecule has 136 valence electrons. The van der Waals surface area contributed by atoms with E-state index in [1.165, 1.54) is 13.8 Å². The summed E-state index contributed by atoms with van der Waals surface area (Å²) in [5.41, 5.74) is 5.62. The van der Waals surface area contributed by atoms with E-state index >= 15 is 0 Å². The van der Waals surface area contributed by atoms with Crippen LogP contribution in [0.3, 0.4) is 0 Å². The zero-order valence-electron chi connectivity index (χ0n) is 15.1. The number of nitrogens with two attached hydrogens (primary N) is 1. The fourth-order valence-corrected chi connectivity index (χ4v) is 3.78. The number of nitrogens with zero attached hydrogens (tertiary/aromatic N) is 1. The number of hydrogen-bond donors (Lipinski definition) is 1. The number of ketones is 1. The van der Waals surface area contributed by atoms with Crippen molar-refractivity contribution in [3.05, 3.63) is 52.6 Å². The van der Waals surface area contributed by atoms with E-state index in [1.807, 2.05) is 0 Å². The van der Waals surface area contributed by atoms with E-state index in [0.717, 1.165) is 0 Å². The average Bonchev–Trinajstić information content (AvgIpc) is 2.84. The Morgan fingerprint density at radius 2 is 1.92 bits per heavy atom. The van der Waals surface area contributed by atoms with Gasteiger partial charge >= 0.3 is 11.9 Å². The number of benzene rings is 1. The van der Waals surface area contributed by atoms with Gasteiger partial charge in [-0.15, -0.1) is 0 Å². The molecule has 0 saturated heterocycles. The van der Waals surface area contributed by atoms with Crippen LogP contribution in [0, 0.1) is 0 Å². The molecule has 1 atom stereocenters. The van der Waals surface area contributed by atoms with Gasteiger partial charge in [-0.05, 0) is 26.8 Å². The number of esters is 2. The maximum atomic E-state index is 13.1. The van der Waals surface area contributed by atoms with Crippen LogP contribution >= 0.6 is 0 Å². The lowest BCUT2D eigenvalue weighted by Gasteiger charge is -2.39. The highest BCUT2D eigenvalue weighted by molar-refractivity contribution is 6.17. The van der Waals surface area contributed by atoms with E-state index in [9.17, 15) is 14.4 Å². The van der Waals surface area contributed by atoms with Crippen molar-refractivity contribution in [2.45, 2.75) is 26.2 Å². The first kappa shape index (κ1) is 17.7. The highest BCUT2D eigenvalue weighted by atomic mass is 16.5.